The van der Waals surface area contributed by atoms with Gasteiger partial charge in [-0.2, -0.15) is 0 Å². The van der Waals surface area contributed by atoms with E-state index in [2.05, 4.69) is 15.6 Å². The predicted molar refractivity (Wildman–Crippen MR) is 65.3 cm³/mol. The molecular weight excluding hydrogens is 258 g/mol. The molecule has 0 aliphatic rings. The molecule has 0 fully saturated rings. The van der Waals surface area contributed by atoms with E-state index in [1.54, 1.807) is 12.3 Å². The molecule has 1 atom stereocenters. The van der Waals surface area contributed by atoms with Gasteiger partial charge in [-0.15, -0.1) is 11.3 Å². The van der Waals surface area contributed by atoms with E-state index in [4.69, 9.17) is 5.11 Å². The number of nitrogens with one attached hydrogen (secondary N) is 2. The van der Waals surface area contributed by atoms with Gasteiger partial charge in [-0.05, 0) is 5.92 Å². The van der Waals surface area contributed by atoms with Crippen molar-refractivity contribution in [3.05, 3.63) is 11.6 Å². The summed E-state index contributed by atoms with van der Waals surface area (Å²) in [5.74, 6) is -1.81. The van der Waals surface area contributed by atoms with Crippen LogP contribution in [0.4, 0.5) is 9.93 Å². The Morgan fingerprint density at radius 3 is 2.72 bits per heavy atom. The Hall–Kier alpha value is -1.96. The van der Waals surface area contributed by atoms with Crippen LogP contribution in [0.15, 0.2) is 11.6 Å². The Balaban J connectivity index is 2.31. The van der Waals surface area contributed by atoms with Gasteiger partial charge in [-0.25, -0.2) is 9.78 Å². The van der Waals surface area contributed by atoms with Crippen molar-refractivity contribution in [3.8, 4) is 0 Å². The average Bonchev–Trinajstić information content (AvgIpc) is 2.67. The van der Waals surface area contributed by atoms with Crippen LogP contribution in [0.3, 0.4) is 0 Å². The number of aliphatic carboxylic acids is 1. The Kier molecular flexibility index (Phi) is 5.25. The number of carboxylic acid groups (broad SMARTS) is 1. The monoisotopic (exact) mass is 271 g/mol. The zero-order chi connectivity index (χ0) is 13.5. The van der Waals surface area contributed by atoms with Crippen LogP contribution in [0, 0.1) is 5.92 Å². The van der Waals surface area contributed by atoms with Crippen LogP contribution in [0.25, 0.3) is 0 Å². The van der Waals surface area contributed by atoms with Crippen LogP contribution >= 0.6 is 11.3 Å². The fraction of sp³-hybridized carbons (Fsp3) is 0.400. The largest absolute Gasteiger partial charge is 0.481 e. The van der Waals surface area contributed by atoms with Gasteiger partial charge in [0.2, 0.25) is 5.91 Å². The highest BCUT2D eigenvalue weighted by Gasteiger charge is 2.15. The van der Waals surface area contributed by atoms with Gasteiger partial charge in [-0.1, -0.05) is 6.92 Å². The van der Waals surface area contributed by atoms with E-state index in [0.29, 0.717) is 5.13 Å². The topological polar surface area (TPSA) is 108 Å². The number of anilines is 1. The van der Waals surface area contributed by atoms with Gasteiger partial charge in [0.15, 0.2) is 5.13 Å². The molecule has 0 aliphatic carbocycles. The molecule has 1 aromatic heterocycles. The van der Waals surface area contributed by atoms with Crippen molar-refractivity contribution in [1.29, 1.82) is 0 Å². The second kappa shape index (κ2) is 6.70. The highest BCUT2D eigenvalue weighted by atomic mass is 32.1. The summed E-state index contributed by atoms with van der Waals surface area (Å²) in [5, 5.41) is 15.1. The summed E-state index contributed by atoms with van der Waals surface area (Å²) >= 11 is 1.23. The number of hydrogen-bond acceptors (Lipinski definition) is 5. The maximum atomic E-state index is 11.4. The van der Waals surface area contributed by atoms with E-state index in [1.165, 1.54) is 17.5 Å². The molecule has 3 N–H and O–H groups in total. The fourth-order valence-electron chi connectivity index (χ4n) is 1.28. The minimum Gasteiger partial charge on any atom is -0.481 e. The summed E-state index contributed by atoms with van der Waals surface area (Å²) in [6.45, 7) is 1.63. The van der Waals surface area contributed by atoms with Gasteiger partial charge in [-0.3, -0.25) is 20.2 Å². The molecule has 3 amide bonds. The lowest BCUT2D eigenvalue weighted by Crippen LogP contribution is -2.35. The number of carbonyl (C=O) groups excluding carboxylic acids is 2. The van der Waals surface area contributed by atoms with Crippen LogP contribution < -0.4 is 10.6 Å². The zero-order valence-electron chi connectivity index (χ0n) is 9.67. The van der Waals surface area contributed by atoms with E-state index in [-0.39, 0.29) is 18.8 Å². The van der Waals surface area contributed by atoms with Crippen molar-refractivity contribution in [2.75, 3.05) is 5.32 Å². The minimum atomic E-state index is -0.970. The number of imide groups is 1. The summed E-state index contributed by atoms with van der Waals surface area (Å²) < 4.78 is 0. The first-order valence-electron chi connectivity index (χ1n) is 5.19. The quantitative estimate of drug-likeness (QED) is 0.747. The molecule has 0 radical (unpaired) electrons. The number of thiazole rings is 1. The first-order chi connectivity index (χ1) is 8.47. The van der Waals surface area contributed by atoms with E-state index < -0.39 is 17.9 Å². The van der Waals surface area contributed by atoms with E-state index in [0.717, 1.165) is 0 Å². The highest BCUT2D eigenvalue weighted by Crippen LogP contribution is 2.10. The van der Waals surface area contributed by atoms with Crippen molar-refractivity contribution in [2.45, 2.75) is 19.8 Å². The fourth-order valence-corrected chi connectivity index (χ4v) is 1.80. The van der Waals surface area contributed by atoms with Gasteiger partial charge in [0.1, 0.15) is 0 Å². The molecule has 0 aromatic carbocycles. The summed E-state index contributed by atoms with van der Waals surface area (Å²) in [6, 6.07) is -0.669. The molecule has 98 valence electrons. The normalized spacial score (nSPS) is 11.6. The number of carbonyl (C=O) groups is 3. The van der Waals surface area contributed by atoms with Gasteiger partial charge in [0, 0.05) is 24.4 Å². The first kappa shape index (κ1) is 14.1. The van der Waals surface area contributed by atoms with Crippen LogP contribution in [0.5, 0.6) is 0 Å². The van der Waals surface area contributed by atoms with Crippen LogP contribution in [0.1, 0.15) is 19.8 Å². The van der Waals surface area contributed by atoms with Crippen molar-refractivity contribution in [1.82, 2.24) is 10.3 Å². The summed E-state index contributed by atoms with van der Waals surface area (Å²) in [7, 11) is 0. The Bertz CT molecular complexity index is 432. The third-order valence-electron chi connectivity index (χ3n) is 1.96. The van der Waals surface area contributed by atoms with Crippen molar-refractivity contribution >= 4 is 34.4 Å². The summed E-state index contributed by atoms with van der Waals surface area (Å²) in [5.41, 5.74) is 0. The molecule has 0 saturated heterocycles. The second-order valence-electron chi connectivity index (χ2n) is 3.75. The zero-order valence-corrected chi connectivity index (χ0v) is 10.5. The lowest BCUT2D eigenvalue weighted by Gasteiger charge is -2.08. The number of carboxylic acids is 1. The van der Waals surface area contributed by atoms with Gasteiger partial charge < -0.3 is 5.11 Å². The van der Waals surface area contributed by atoms with Gasteiger partial charge in [0.05, 0.1) is 0 Å². The number of amides is 3. The lowest BCUT2D eigenvalue weighted by molar-refractivity contribution is -0.138. The third-order valence-corrected chi connectivity index (χ3v) is 2.65. The van der Waals surface area contributed by atoms with Crippen LogP contribution in [-0.2, 0) is 9.59 Å². The van der Waals surface area contributed by atoms with Crippen molar-refractivity contribution in [3.63, 3.8) is 0 Å². The first-order valence-corrected chi connectivity index (χ1v) is 6.07. The molecule has 8 heteroatoms. The highest BCUT2D eigenvalue weighted by molar-refractivity contribution is 7.13. The molecular formula is C10H13N3O4S. The Labute approximate surface area is 107 Å². The maximum Gasteiger partial charge on any atom is 0.327 e. The number of urea groups is 1. The van der Waals surface area contributed by atoms with Crippen LogP contribution in [0.2, 0.25) is 0 Å². The Morgan fingerprint density at radius 1 is 1.44 bits per heavy atom. The lowest BCUT2D eigenvalue weighted by atomic mass is 10.0. The molecule has 1 heterocycles. The van der Waals surface area contributed by atoms with Crippen molar-refractivity contribution < 1.29 is 19.5 Å². The summed E-state index contributed by atoms with van der Waals surface area (Å²) in [6.07, 6.45) is 1.40. The number of rotatable bonds is 5. The van der Waals surface area contributed by atoms with Crippen LogP contribution in [-0.4, -0.2) is 28.0 Å². The number of aromatic nitrogens is 1. The number of hydrogen-bond donors (Lipinski definition) is 3. The minimum absolute atomic E-state index is 0.0163. The second-order valence-corrected chi connectivity index (χ2v) is 4.64. The predicted octanol–water partition coefficient (Wildman–Crippen LogP) is 1.29. The smallest absolute Gasteiger partial charge is 0.327 e. The molecule has 1 unspecified atom stereocenters. The van der Waals surface area contributed by atoms with Gasteiger partial charge in [0.25, 0.3) is 0 Å². The number of nitrogens with zero attached hydrogens (tertiary/aromatic N) is 1. The third kappa shape index (κ3) is 5.39. The Morgan fingerprint density at radius 2 is 2.17 bits per heavy atom. The van der Waals surface area contributed by atoms with E-state index >= 15 is 0 Å². The molecule has 18 heavy (non-hydrogen) atoms. The maximum absolute atomic E-state index is 11.4. The molecule has 0 spiro atoms. The van der Waals surface area contributed by atoms with E-state index in [9.17, 15) is 14.4 Å². The molecule has 0 bridgehead atoms. The molecule has 7 nitrogen and oxygen atoms in total. The van der Waals surface area contributed by atoms with E-state index in [1.807, 2.05) is 0 Å². The summed E-state index contributed by atoms with van der Waals surface area (Å²) in [4.78, 5) is 37.0. The van der Waals surface area contributed by atoms with Gasteiger partial charge >= 0.3 is 12.0 Å². The molecule has 1 aromatic rings. The molecule has 0 aliphatic heterocycles. The standard InChI is InChI=1S/C10H13N3O4S/c1-6(5-8(15)16)4-7(14)12-9(17)13-10-11-2-3-18-10/h2-3,6H,4-5H2,1H3,(H,15,16)(H2,11,12,13,14,17). The molecule has 0 saturated carbocycles. The average molecular weight is 271 g/mol. The SMILES string of the molecule is CC(CC(=O)O)CC(=O)NC(=O)Nc1nccs1. The van der Waals surface area contributed by atoms with Crippen molar-refractivity contribution in [2.24, 2.45) is 5.92 Å². The molecule has 1 rings (SSSR count).